The van der Waals surface area contributed by atoms with Crippen molar-refractivity contribution in [2.45, 2.75) is 46.1 Å². The molecule has 1 fully saturated rings. The summed E-state index contributed by atoms with van der Waals surface area (Å²) in [6.07, 6.45) is 3.80. The molecule has 0 radical (unpaired) electrons. The summed E-state index contributed by atoms with van der Waals surface area (Å²) in [5.41, 5.74) is 6.15. The summed E-state index contributed by atoms with van der Waals surface area (Å²) in [6.45, 7) is 11.5. The minimum atomic E-state index is 0.312. The molecular formula is C14H31N3. The average Bonchev–Trinajstić information content (AvgIpc) is 2.24. The lowest BCUT2D eigenvalue weighted by atomic mass is 9.74. The molecule has 17 heavy (non-hydrogen) atoms. The van der Waals surface area contributed by atoms with Crippen LogP contribution in [0.5, 0.6) is 0 Å². The van der Waals surface area contributed by atoms with Crippen LogP contribution >= 0.6 is 0 Å². The molecule has 3 nitrogen and oxygen atoms in total. The van der Waals surface area contributed by atoms with Crippen molar-refractivity contribution in [3.05, 3.63) is 0 Å². The van der Waals surface area contributed by atoms with Crippen LogP contribution in [-0.4, -0.2) is 44.2 Å². The molecule has 1 aliphatic rings. The zero-order chi connectivity index (χ0) is 12.9. The Kier molecular flexibility index (Phi) is 5.90. The molecule has 0 aliphatic carbocycles. The minimum Gasteiger partial charge on any atom is -0.328 e. The van der Waals surface area contributed by atoms with Crippen LogP contribution in [0, 0.1) is 11.3 Å². The molecule has 0 aromatic carbocycles. The molecule has 2 atom stereocenters. The molecule has 0 aromatic rings. The number of likely N-dealkylation sites (tertiary alicyclic amines) is 1. The van der Waals surface area contributed by atoms with Gasteiger partial charge in [-0.15, -0.1) is 0 Å². The molecule has 1 rings (SSSR count). The van der Waals surface area contributed by atoms with Crippen LogP contribution in [0.15, 0.2) is 0 Å². The average molecular weight is 241 g/mol. The van der Waals surface area contributed by atoms with Crippen molar-refractivity contribution in [3.8, 4) is 0 Å². The van der Waals surface area contributed by atoms with Crippen molar-refractivity contribution in [2.24, 2.45) is 17.1 Å². The van der Waals surface area contributed by atoms with Gasteiger partial charge in [-0.05, 0) is 57.7 Å². The van der Waals surface area contributed by atoms with Gasteiger partial charge in [-0.1, -0.05) is 13.8 Å². The number of hydrogen-bond acceptors (Lipinski definition) is 3. The first-order chi connectivity index (χ1) is 7.92. The third-order valence-corrected chi connectivity index (χ3v) is 4.09. The number of nitrogens with zero attached hydrogens (tertiary/aromatic N) is 1. The number of nitrogens with one attached hydrogen (secondary N) is 1. The summed E-state index contributed by atoms with van der Waals surface area (Å²) in [6, 6.07) is 0.312. The summed E-state index contributed by atoms with van der Waals surface area (Å²) in [4.78, 5) is 2.47. The van der Waals surface area contributed by atoms with Gasteiger partial charge in [0.25, 0.3) is 0 Å². The highest BCUT2D eigenvalue weighted by Gasteiger charge is 2.31. The fraction of sp³-hybridized carbons (Fsp3) is 1.00. The Balaban J connectivity index is 2.28. The van der Waals surface area contributed by atoms with Crippen LogP contribution in [-0.2, 0) is 0 Å². The van der Waals surface area contributed by atoms with E-state index in [0.717, 1.165) is 25.4 Å². The van der Waals surface area contributed by atoms with Gasteiger partial charge in [-0.2, -0.15) is 0 Å². The van der Waals surface area contributed by atoms with Gasteiger partial charge < -0.3 is 16.0 Å². The Hall–Kier alpha value is -0.120. The third-order valence-electron chi connectivity index (χ3n) is 4.09. The zero-order valence-electron chi connectivity index (χ0n) is 12.1. The Morgan fingerprint density at radius 2 is 2.18 bits per heavy atom. The molecule has 3 heteroatoms. The molecule has 0 amide bonds. The first kappa shape index (κ1) is 14.9. The lowest BCUT2D eigenvalue weighted by Crippen LogP contribution is -2.44. The van der Waals surface area contributed by atoms with E-state index in [2.05, 4.69) is 38.0 Å². The summed E-state index contributed by atoms with van der Waals surface area (Å²) in [5, 5.41) is 3.57. The van der Waals surface area contributed by atoms with E-state index in [1.807, 2.05) is 0 Å². The van der Waals surface area contributed by atoms with Crippen molar-refractivity contribution in [2.75, 3.05) is 33.2 Å². The number of nitrogens with two attached hydrogens (primary N) is 1. The second kappa shape index (κ2) is 6.72. The quantitative estimate of drug-likeness (QED) is 0.695. The van der Waals surface area contributed by atoms with Crippen molar-refractivity contribution < 1.29 is 0 Å². The van der Waals surface area contributed by atoms with Gasteiger partial charge in [0.1, 0.15) is 0 Å². The van der Waals surface area contributed by atoms with Crippen molar-refractivity contribution in [1.82, 2.24) is 10.2 Å². The van der Waals surface area contributed by atoms with E-state index in [9.17, 15) is 0 Å². The standard InChI is InChI=1S/C14H31N3/c1-12(15)7-8-16-11-14(2,3)13-6-5-9-17(4)10-13/h12-13,16H,5-11,15H2,1-4H3. The molecule has 2 unspecified atom stereocenters. The smallest absolute Gasteiger partial charge is 0.00225 e. The monoisotopic (exact) mass is 241 g/mol. The molecule has 1 aliphatic heterocycles. The maximum Gasteiger partial charge on any atom is 0.00225 e. The molecule has 3 N–H and O–H groups in total. The summed E-state index contributed by atoms with van der Waals surface area (Å²) < 4.78 is 0. The van der Waals surface area contributed by atoms with Gasteiger partial charge in [-0.3, -0.25) is 0 Å². The second-order valence-electron chi connectivity index (χ2n) is 6.53. The van der Waals surface area contributed by atoms with Crippen molar-refractivity contribution in [1.29, 1.82) is 0 Å². The van der Waals surface area contributed by atoms with Crippen LogP contribution in [0.2, 0.25) is 0 Å². The maximum absolute atomic E-state index is 5.76. The van der Waals surface area contributed by atoms with E-state index in [-0.39, 0.29) is 0 Å². The fourth-order valence-corrected chi connectivity index (χ4v) is 2.69. The van der Waals surface area contributed by atoms with Crippen LogP contribution in [0.25, 0.3) is 0 Å². The zero-order valence-corrected chi connectivity index (χ0v) is 12.1. The molecule has 1 saturated heterocycles. The lowest BCUT2D eigenvalue weighted by molar-refractivity contribution is 0.103. The first-order valence-corrected chi connectivity index (χ1v) is 7.06. The van der Waals surface area contributed by atoms with E-state index < -0.39 is 0 Å². The Bertz CT molecular complexity index is 214. The number of hydrogen-bond donors (Lipinski definition) is 2. The maximum atomic E-state index is 5.76. The van der Waals surface area contributed by atoms with Gasteiger partial charge in [0.2, 0.25) is 0 Å². The van der Waals surface area contributed by atoms with Crippen LogP contribution < -0.4 is 11.1 Å². The molecule has 0 saturated carbocycles. The number of rotatable bonds is 6. The minimum absolute atomic E-state index is 0.312. The fourth-order valence-electron chi connectivity index (χ4n) is 2.69. The van der Waals surface area contributed by atoms with E-state index in [4.69, 9.17) is 5.73 Å². The summed E-state index contributed by atoms with van der Waals surface area (Å²) in [7, 11) is 2.24. The Labute approximate surface area is 107 Å². The van der Waals surface area contributed by atoms with Crippen LogP contribution in [0.4, 0.5) is 0 Å². The van der Waals surface area contributed by atoms with E-state index >= 15 is 0 Å². The highest BCUT2D eigenvalue weighted by atomic mass is 15.1. The lowest BCUT2D eigenvalue weighted by Gasteiger charge is -2.40. The molecule has 0 aromatic heterocycles. The summed E-state index contributed by atoms with van der Waals surface area (Å²) in [5.74, 6) is 0.823. The third kappa shape index (κ3) is 5.36. The van der Waals surface area contributed by atoms with Gasteiger partial charge >= 0.3 is 0 Å². The predicted octanol–water partition coefficient (Wildman–Crippen LogP) is 1.68. The molecule has 0 spiro atoms. The predicted molar refractivity (Wildman–Crippen MR) is 75.1 cm³/mol. The Morgan fingerprint density at radius 1 is 1.47 bits per heavy atom. The van der Waals surface area contributed by atoms with Crippen LogP contribution in [0.3, 0.4) is 0 Å². The van der Waals surface area contributed by atoms with E-state index in [1.165, 1.54) is 25.9 Å². The SMILES string of the molecule is CC(N)CCNCC(C)(C)C1CCCN(C)C1. The summed E-state index contributed by atoms with van der Waals surface area (Å²) >= 11 is 0. The highest BCUT2D eigenvalue weighted by Crippen LogP contribution is 2.32. The molecule has 1 heterocycles. The topological polar surface area (TPSA) is 41.3 Å². The normalized spacial score (nSPS) is 24.9. The van der Waals surface area contributed by atoms with Gasteiger partial charge in [0, 0.05) is 19.1 Å². The first-order valence-electron chi connectivity index (χ1n) is 7.06. The van der Waals surface area contributed by atoms with Crippen molar-refractivity contribution in [3.63, 3.8) is 0 Å². The van der Waals surface area contributed by atoms with Crippen molar-refractivity contribution >= 4 is 0 Å². The largest absolute Gasteiger partial charge is 0.328 e. The van der Waals surface area contributed by atoms with Gasteiger partial charge in [0.15, 0.2) is 0 Å². The number of piperidine rings is 1. The Morgan fingerprint density at radius 3 is 2.76 bits per heavy atom. The molecular weight excluding hydrogens is 210 g/mol. The van der Waals surface area contributed by atoms with E-state index in [0.29, 0.717) is 11.5 Å². The highest BCUT2D eigenvalue weighted by molar-refractivity contribution is 4.85. The second-order valence-corrected chi connectivity index (χ2v) is 6.53. The van der Waals surface area contributed by atoms with Crippen LogP contribution in [0.1, 0.15) is 40.0 Å². The van der Waals surface area contributed by atoms with Gasteiger partial charge in [0.05, 0.1) is 0 Å². The molecule has 0 bridgehead atoms. The van der Waals surface area contributed by atoms with E-state index in [1.54, 1.807) is 0 Å². The van der Waals surface area contributed by atoms with Gasteiger partial charge in [-0.25, -0.2) is 0 Å². The molecule has 102 valence electrons.